The Balaban J connectivity index is 2.13. The fourth-order valence-electron chi connectivity index (χ4n) is 2.27. The van der Waals surface area contributed by atoms with Crippen LogP contribution in [0.15, 0.2) is 36.5 Å². The second-order valence-corrected chi connectivity index (χ2v) is 5.75. The van der Waals surface area contributed by atoms with Crippen molar-refractivity contribution in [2.75, 3.05) is 0 Å². The van der Waals surface area contributed by atoms with Crippen LogP contribution in [-0.2, 0) is 11.3 Å². The molecule has 1 aromatic heterocycles. The van der Waals surface area contributed by atoms with E-state index in [-0.39, 0.29) is 11.9 Å². The van der Waals surface area contributed by atoms with Crippen molar-refractivity contribution in [1.82, 2.24) is 10.3 Å². The van der Waals surface area contributed by atoms with Crippen molar-refractivity contribution < 1.29 is 9.53 Å². The molecule has 0 saturated heterocycles. The lowest BCUT2D eigenvalue weighted by molar-refractivity contribution is -0.121. The summed E-state index contributed by atoms with van der Waals surface area (Å²) in [6.45, 7) is 6.16. The van der Waals surface area contributed by atoms with Crippen LogP contribution in [0.25, 0.3) is 0 Å². The summed E-state index contributed by atoms with van der Waals surface area (Å²) in [5, 5.41) is 2.85. The highest BCUT2D eigenvalue weighted by molar-refractivity contribution is 5.76. The summed E-state index contributed by atoms with van der Waals surface area (Å²) in [4.78, 5) is 16.0. The van der Waals surface area contributed by atoms with Gasteiger partial charge in [0, 0.05) is 30.8 Å². The van der Waals surface area contributed by atoms with Gasteiger partial charge >= 0.3 is 0 Å². The highest BCUT2D eigenvalue weighted by atomic mass is 16.5. The SMILES string of the molecule is Cc1cccc(C)c1Oc1ncccc1CNC(=O)C[C@H](C)N. The molecule has 5 heteroatoms. The number of amides is 1. The molecule has 1 atom stereocenters. The molecule has 1 aromatic carbocycles. The molecule has 0 unspecified atom stereocenters. The number of benzene rings is 1. The Morgan fingerprint density at radius 2 is 1.96 bits per heavy atom. The summed E-state index contributed by atoms with van der Waals surface area (Å²) in [7, 11) is 0. The van der Waals surface area contributed by atoms with Gasteiger partial charge in [0.2, 0.25) is 11.8 Å². The van der Waals surface area contributed by atoms with Crippen molar-refractivity contribution >= 4 is 5.91 Å². The molecule has 0 aliphatic carbocycles. The molecular weight excluding hydrogens is 290 g/mol. The normalized spacial score (nSPS) is 11.8. The lowest BCUT2D eigenvalue weighted by atomic mass is 10.1. The Bertz CT molecular complexity index is 663. The predicted octanol–water partition coefficient (Wildman–Crippen LogP) is 2.84. The maximum Gasteiger partial charge on any atom is 0.224 e. The van der Waals surface area contributed by atoms with Gasteiger partial charge in [-0.15, -0.1) is 0 Å². The number of carbonyl (C=O) groups is 1. The van der Waals surface area contributed by atoms with Crippen LogP contribution in [0.4, 0.5) is 0 Å². The standard InChI is InChI=1S/C18H23N3O2/c1-12-6-4-7-13(2)17(12)23-18-15(8-5-9-20-18)11-21-16(22)10-14(3)19/h4-9,14H,10-11,19H2,1-3H3,(H,21,22)/t14-/m0/s1. The molecule has 0 bridgehead atoms. The van der Waals surface area contributed by atoms with Gasteiger partial charge in [-0.1, -0.05) is 24.3 Å². The summed E-state index contributed by atoms with van der Waals surface area (Å²) in [5.41, 5.74) is 8.54. The number of para-hydroxylation sites is 1. The zero-order valence-electron chi connectivity index (χ0n) is 13.8. The smallest absolute Gasteiger partial charge is 0.224 e. The number of nitrogens with one attached hydrogen (secondary N) is 1. The third-order valence-electron chi connectivity index (χ3n) is 3.44. The summed E-state index contributed by atoms with van der Waals surface area (Å²) in [5.74, 6) is 1.22. The first-order chi connectivity index (χ1) is 11.0. The number of nitrogens with zero attached hydrogens (tertiary/aromatic N) is 1. The molecule has 1 amide bonds. The van der Waals surface area contributed by atoms with E-state index in [9.17, 15) is 4.79 Å². The van der Waals surface area contributed by atoms with Crippen LogP contribution in [0.5, 0.6) is 11.6 Å². The predicted molar refractivity (Wildman–Crippen MR) is 90.3 cm³/mol. The van der Waals surface area contributed by atoms with Gasteiger partial charge in [0.15, 0.2) is 0 Å². The molecule has 2 rings (SSSR count). The third kappa shape index (κ3) is 4.79. The van der Waals surface area contributed by atoms with E-state index in [4.69, 9.17) is 10.5 Å². The Labute approximate surface area is 136 Å². The van der Waals surface area contributed by atoms with E-state index in [1.165, 1.54) is 0 Å². The van der Waals surface area contributed by atoms with E-state index < -0.39 is 0 Å². The first-order valence-electron chi connectivity index (χ1n) is 7.67. The summed E-state index contributed by atoms with van der Waals surface area (Å²) >= 11 is 0. The molecule has 0 spiro atoms. The quantitative estimate of drug-likeness (QED) is 0.859. The minimum atomic E-state index is -0.158. The number of pyridine rings is 1. The van der Waals surface area contributed by atoms with Gasteiger partial charge in [-0.05, 0) is 38.0 Å². The monoisotopic (exact) mass is 313 g/mol. The molecule has 3 N–H and O–H groups in total. The number of nitrogens with two attached hydrogens (primary N) is 1. The van der Waals surface area contributed by atoms with E-state index in [1.807, 2.05) is 44.2 Å². The van der Waals surface area contributed by atoms with Gasteiger partial charge in [0.1, 0.15) is 5.75 Å². The van der Waals surface area contributed by atoms with Crippen molar-refractivity contribution in [1.29, 1.82) is 0 Å². The number of carbonyl (C=O) groups excluding carboxylic acids is 1. The van der Waals surface area contributed by atoms with Gasteiger partial charge in [0.25, 0.3) is 0 Å². The topological polar surface area (TPSA) is 77.2 Å². The maximum atomic E-state index is 11.8. The molecular formula is C18H23N3O2. The zero-order chi connectivity index (χ0) is 16.8. The maximum absolute atomic E-state index is 11.8. The Hall–Kier alpha value is -2.40. The van der Waals surface area contributed by atoms with Crippen LogP contribution in [0.1, 0.15) is 30.0 Å². The number of ether oxygens (including phenoxy) is 1. The van der Waals surface area contributed by atoms with Gasteiger partial charge in [-0.2, -0.15) is 0 Å². The second kappa shape index (κ2) is 7.74. The molecule has 23 heavy (non-hydrogen) atoms. The van der Waals surface area contributed by atoms with E-state index in [1.54, 1.807) is 13.1 Å². The second-order valence-electron chi connectivity index (χ2n) is 5.75. The van der Waals surface area contributed by atoms with Crippen molar-refractivity contribution in [3.8, 4) is 11.6 Å². The number of aryl methyl sites for hydroxylation is 2. The molecule has 0 fully saturated rings. The molecule has 0 saturated carbocycles. The molecule has 122 valence electrons. The Morgan fingerprint density at radius 3 is 2.61 bits per heavy atom. The molecule has 0 aliphatic heterocycles. The lowest BCUT2D eigenvalue weighted by Crippen LogP contribution is -2.29. The number of rotatable bonds is 6. The van der Waals surface area contributed by atoms with E-state index in [0.717, 1.165) is 22.4 Å². The lowest BCUT2D eigenvalue weighted by Gasteiger charge is -2.14. The first kappa shape index (κ1) is 17.0. The van der Waals surface area contributed by atoms with Crippen molar-refractivity contribution in [2.24, 2.45) is 5.73 Å². The number of hydrogen-bond donors (Lipinski definition) is 2. The number of aromatic nitrogens is 1. The van der Waals surface area contributed by atoms with E-state index >= 15 is 0 Å². The highest BCUT2D eigenvalue weighted by Gasteiger charge is 2.11. The van der Waals surface area contributed by atoms with Crippen molar-refractivity contribution in [3.05, 3.63) is 53.2 Å². The fraction of sp³-hybridized carbons (Fsp3) is 0.333. The molecule has 1 heterocycles. The van der Waals surface area contributed by atoms with Gasteiger partial charge in [-0.25, -0.2) is 4.98 Å². The number of hydrogen-bond acceptors (Lipinski definition) is 4. The van der Waals surface area contributed by atoms with Gasteiger partial charge in [-0.3, -0.25) is 4.79 Å². The summed E-state index contributed by atoms with van der Waals surface area (Å²) in [6.07, 6.45) is 1.98. The van der Waals surface area contributed by atoms with Crippen LogP contribution in [0, 0.1) is 13.8 Å². The third-order valence-corrected chi connectivity index (χ3v) is 3.44. The Kier molecular flexibility index (Phi) is 5.71. The van der Waals surface area contributed by atoms with Crippen molar-refractivity contribution in [2.45, 2.75) is 39.8 Å². The van der Waals surface area contributed by atoms with Crippen LogP contribution < -0.4 is 15.8 Å². The van der Waals surface area contributed by atoms with E-state index in [0.29, 0.717) is 18.8 Å². The largest absolute Gasteiger partial charge is 0.438 e. The van der Waals surface area contributed by atoms with Gasteiger partial charge in [0.05, 0.1) is 0 Å². The highest BCUT2D eigenvalue weighted by Crippen LogP contribution is 2.29. The van der Waals surface area contributed by atoms with Crippen LogP contribution in [-0.4, -0.2) is 16.9 Å². The molecule has 0 aliphatic rings. The minimum absolute atomic E-state index is 0.0816. The van der Waals surface area contributed by atoms with Gasteiger partial charge < -0.3 is 15.8 Å². The zero-order valence-corrected chi connectivity index (χ0v) is 13.8. The molecule has 2 aromatic rings. The summed E-state index contributed by atoms with van der Waals surface area (Å²) in [6, 6.07) is 9.54. The fourth-order valence-corrected chi connectivity index (χ4v) is 2.27. The molecule has 5 nitrogen and oxygen atoms in total. The first-order valence-corrected chi connectivity index (χ1v) is 7.67. The van der Waals surface area contributed by atoms with Crippen LogP contribution in [0.2, 0.25) is 0 Å². The minimum Gasteiger partial charge on any atom is -0.438 e. The summed E-state index contributed by atoms with van der Waals surface area (Å²) < 4.78 is 6.00. The van der Waals surface area contributed by atoms with Crippen LogP contribution in [0.3, 0.4) is 0 Å². The molecule has 0 radical (unpaired) electrons. The average molecular weight is 313 g/mol. The van der Waals surface area contributed by atoms with Crippen molar-refractivity contribution in [3.63, 3.8) is 0 Å². The Morgan fingerprint density at radius 1 is 1.26 bits per heavy atom. The van der Waals surface area contributed by atoms with Crippen LogP contribution >= 0.6 is 0 Å². The van der Waals surface area contributed by atoms with E-state index in [2.05, 4.69) is 10.3 Å². The average Bonchev–Trinajstić information content (AvgIpc) is 2.49.